The van der Waals surface area contributed by atoms with E-state index in [-0.39, 0.29) is 0 Å². The van der Waals surface area contributed by atoms with Crippen molar-refractivity contribution in [2.75, 3.05) is 11.5 Å². The largest absolute Gasteiger partial charge is 0.179 e. The molecule has 0 fully saturated rings. The normalized spacial score (nSPS) is 14.1. The van der Waals surface area contributed by atoms with Gasteiger partial charge in [-0.3, -0.25) is 0 Å². The molecule has 0 bridgehead atoms. The van der Waals surface area contributed by atoms with E-state index < -0.39 is 0 Å². The summed E-state index contributed by atoms with van der Waals surface area (Å²) in [7, 11) is 0. The number of hydrogen-bond donors (Lipinski definition) is 1. The lowest BCUT2D eigenvalue weighted by Crippen LogP contribution is -2.01. The summed E-state index contributed by atoms with van der Waals surface area (Å²) in [5.74, 6) is 3.13. The van der Waals surface area contributed by atoms with Crippen LogP contribution in [0.2, 0.25) is 0 Å². The molecule has 0 aliphatic rings. The Kier molecular flexibility index (Phi) is 6.86. The van der Waals surface area contributed by atoms with Crippen molar-refractivity contribution in [2.24, 2.45) is 5.92 Å². The number of rotatable bonds is 5. The Labute approximate surface area is 74.6 Å². The molecule has 0 radical (unpaired) electrons. The maximum Gasteiger partial charge on any atom is 0.00265 e. The van der Waals surface area contributed by atoms with E-state index in [1.807, 2.05) is 0 Å². The van der Waals surface area contributed by atoms with Gasteiger partial charge in [0.1, 0.15) is 0 Å². The highest BCUT2D eigenvalue weighted by Gasteiger charge is 2.01. The van der Waals surface area contributed by atoms with Crippen molar-refractivity contribution in [3.63, 3.8) is 0 Å². The summed E-state index contributed by atoms with van der Waals surface area (Å²) in [6, 6.07) is 0. The van der Waals surface area contributed by atoms with Gasteiger partial charge in [0.25, 0.3) is 0 Å². The van der Waals surface area contributed by atoms with E-state index in [0.717, 1.165) is 16.9 Å². The highest BCUT2D eigenvalue weighted by atomic mass is 32.2. The maximum atomic E-state index is 4.19. The highest BCUT2D eigenvalue weighted by molar-refractivity contribution is 7.99. The van der Waals surface area contributed by atoms with E-state index in [1.165, 1.54) is 12.2 Å². The van der Waals surface area contributed by atoms with E-state index in [4.69, 9.17) is 0 Å². The standard InChI is InChI=1S/C8H18S2/c1-7(2)6-10-8(3)4-5-9/h7-9H,4-6H2,1-3H3. The first-order chi connectivity index (χ1) is 4.66. The Morgan fingerprint density at radius 3 is 2.30 bits per heavy atom. The molecular weight excluding hydrogens is 160 g/mol. The van der Waals surface area contributed by atoms with Crippen molar-refractivity contribution in [2.45, 2.75) is 32.4 Å². The third kappa shape index (κ3) is 6.81. The van der Waals surface area contributed by atoms with Gasteiger partial charge in [-0.2, -0.15) is 24.4 Å². The van der Waals surface area contributed by atoms with Gasteiger partial charge in [-0.25, -0.2) is 0 Å². The van der Waals surface area contributed by atoms with E-state index in [1.54, 1.807) is 0 Å². The summed E-state index contributed by atoms with van der Waals surface area (Å²) in [6.45, 7) is 6.81. The average molecular weight is 178 g/mol. The first-order valence-electron chi connectivity index (χ1n) is 3.89. The van der Waals surface area contributed by atoms with Gasteiger partial charge < -0.3 is 0 Å². The molecule has 0 saturated heterocycles. The number of thioether (sulfide) groups is 1. The fourth-order valence-electron chi connectivity index (χ4n) is 0.622. The Morgan fingerprint density at radius 2 is 1.90 bits per heavy atom. The maximum absolute atomic E-state index is 4.19. The lowest BCUT2D eigenvalue weighted by Gasteiger charge is -2.10. The quantitative estimate of drug-likeness (QED) is 0.631. The van der Waals surface area contributed by atoms with Crippen LogP contribution in [0.5, 0.6) is 0 Å². The van der Waals surface area contributed by atoms with Crippen LogP contribution in [0.4, 0.5) is 0 Å². The molecular formula is C8H18S2. The predicted molar refractivity (Wildman–Crippen MR) is 55.2 cm³/mol. The van der Waals surface area contributed by atoms with Crippen molar-refractivity contribution in [3.8, 4) is 0 Å². The van der Waals surface area contributed by atoms with Crippen LogP contribution in [-0.4, -0.2) is 16.8 Å². The summed E-state index contributed by atoms with van der Waals surface area (Å²) in [5.41, 5.74) is 0. The molecule has 2 heteroatoms. The molecule has 0 aliphatic heterocycles. The van der Waals surface area contributed by atoms with Crippen LogP contribution in [0.15, 0.2) is 0 Å². The second kappa shape index (κ2) is 6.41. The predicted octanol–water partition coefficient (Wildman–Crippen LogP) is 3.08. The molecule has 1 atom stereocenters. The average Bonchev–Trinajstić information content (AvgIpc) is 1.85. The third-order valence-corrected chi connectivity index (χ3v) is 3.17. The van der Waals surface area contributed by atoms with Gasteiger partial charge >= 0.3 is 0 Å². The van der Waals surface area contributed by atoms with Crippen LogP contribution < -0.4 is 0 Å². The molecule has 0 nitrogen and oxygen atoms in total. The minimum Gasteiger partial charge on any atom is -0.179 e. The third-order valence-electron chi connectivity index (χ3n) is 1.25. The van der Waals surface area contributed by atoms with Crippen molar-refractivity contribution in [3.05, 3.63) is 0 Å². The molecule has 1 unspecified atom stereocenters. The zero-order valence-electron chi connectivity index (χ0n) is 7.13. The number of hydrogen-bond acceptors (Lipinski definition) is 2. The topological polar surface area (TPSA) is 0 Å². The van der Waals surface area contributed by atoms with Gasteiger partial charge in [0.2, 0.25) is 0 Å². The van der Waals surface area contributed by atoms with Crippen LogP contribution in [0.1, 0.15) is 27.2 Å². The Balaban J connectivity index is 3.12. The molecule has 0 spiro atoms. The second-order valence-corrected chi connectivity index (χ2v) is 4.97. The fourth-order valence-corrected chi connectivity index (χ4v) is 2.18. The van der Waals surface area contributed by atoms with Gasteiger partial charge in [-0.1, -0.05) is 20.8 Å². The molecule has 0 aromatic carbocycles. The highest BCUT2D eigenvalue weighted by Crippen LogP contribution is 2.17. The molecule has 0 aromatic rings. The fraction of sp³-hybridized carbons (Fsp3) is 1.00. The summed E-state index contributed by atoms with van der Waals surface area (Å²) >= 11 is 6.25. The zero-order valence-corrected chi connectivity index (χ0v) is 8.84. The van der Waals surface area contributed by atoms with Crippen molar-refractivity contribution in [1.82, 2.24) is 0 Å². The molecule has 62 valence electrons. The van der Waals surface area contributed by atoms with Crippen LogP contribution in [0.3, 0.4) is 0 Å². The molecule has 0 N–H and O–H groups in total. The summed E-state index contributed by atoms with van der Waals surface area (Å²) in [5, 5.41) is 0.792. The monoisotopic (exact) mass is 178 g/mol. The van der Waals surface area contributed by atoms with E-state index in [2.05, 4.69) is 45.2 Å². The van der Waals surface area contributed by atoms with Crippen LogP contribution >= 0.6 is 24.4 Å². The minimum atomic E-state index is 0.792. The van der Waals surface area contributed by atoms with Gasteiger partial charge in [0.05, 0.1) is 0 Å². The lowest BCUT2D eigenvalue weighted by atomic mass is 10.3. The number of thiol groups is 1. The van der Waals surface area contributed by atoms with Gasteiger partial charge in [-0.05, 0) is 23.8 Å². The molecule has 0 rings (SSSR count). The van der Waals surface area contributed by atoms with Gasteiger partial charge in [0.15, 0.2) is 0 Å². The lowest BCUT2D eigenvalue weighted by molar-refractivity contribution is 0.746. The minimum absolute atomic E-state index is 0.792. The smallest absolute Gasteiger partial charge is 0.00265 e. The molecule has 0 aromatic heterocycles. The van der Waals surface area contributed by atoms with Crippen LogP contribution in [-0.2, 0) is 0 Å². The van der Waals surface area contributed by atoms with E-state index in [0.29, 0.717) is 0 Å². The molecule has 0 aliphatic carbocycles. The second-order valence-electron chi connectivity index (χ2n) is 3.05. The van der Waals surface area contributed by atoms with Gasteiger partial charge in [-0.15, -0.1) is 0 Å². The van der Waals surface area contributed by atoms with Crippen LogP contribution in [0.25, 0.3) is 0 Å². The summed E-state index contributed by atoms with van der Waals surface area (Å²) in [6.07, 6.45) is 1.24. The first-order valence-corrected chi connectivity index (χ1v) is 5.57. The molecule has 0 amide bonds. The Morgan fingerprint density at radius 1 is 1.30 bits per heavy atom. The first kappa shape index (κ1) is 10.7. The Hall–Kier alpha value is 0.700. The van der Waals surface area contributed by atoms with E-state index in [9.17, 15) is 0 Å². The van der Waals surface area contributed by atoms with E-state index >= 15 is 0 Å². The molecule has 10 heavy (non-hydrogen) atoms. The van der Waals surface area contributed by atoms with Crippen molar-refractivity contribution in [1.29, 1.82) is 0 Å². The summed E-state index contributed by atoms with van der Waals surface area (Å²) in [4.78, 5) is 0. The molecule has 0 heterocycles. The van der Waals surface area contributed by atoms with Crippen molar-refractivity contribution < 1.29 is 0 Å². The zero-order chi connectivity index (χ0) is 7.98. The van der Waals surface area contributed by atoms with Crippen LogP contribution in [0, 0.1) is 5.92 Å². The Bertz CT molecular complexity index is 71.7. The van der Waals surface area contributed by atoms with Gasteiger partial charge in [0, 0.05) is 5.25 Å². The molecule has 0 saturated carbocycles. The summed E-state index contributed by atoms with van der Waals surface area (Å²) < 4.78 is 0. The SMILES string of the molecule is CC(C)CSC(C)CCS. The van der Waals surface area contributed by atoms with Crippen molar-refractivity contribution >= 4 is 24.4 Å².